The first kappa shape index (κ1) is 14.8. The van der Waals surface area contributed by atoms with Crippen LogP contribution in [0, 0.1) is 0 Å². The Hall–Kier alpha value is 2.25. The van der Waals surface area contributed by atoms with Gasteiger partial charge in [-0.3, -0.25) is 0 Å². The van der Waals surface area contributed by atoms with Crippen molar-refractivity contribution >= 4 is 35.4 Å². The average molecular weight is 226 g/mol. The van der Waals surface area contributed by atoms with Gasteiger partial charge in [0.25, 0.3) is 0 Å². The minimum Gasteiger partial charge on any atom is -0.748 e. The third kappa shape index (κ3) is 10.2. The molecule has 0 saturated heterocycles. The van der Waals surface area contributed by atoms with Crippen molar-refractivity contribution in [1.29, 1.82) is 0 Å². The Labute approximate surface area is 114 Å². The van der Waals surface area contributed by atoms with Gasteiger partial charge >= 0.3 is 51.4 Å². The van der Waals surface area contributed by atoms with Gasteiger partial charge in [0.05, 0.1) is 15.9 Å². The van der Waals surface area contributed by atoms with Gasteiger partial charge in [-0.1, -0.05) is 0 Å². The van der Waals surface area contributed by atoms with Crippen molar-refractivity contribution in [3.8, 4) is 0 Å². The second-order valence-electron chi connectivity index (χ2n) is 1.56. The number of thiol groups is 2. The van der Waals surface area contributed by atoms with E-state index < -0.39 is 21.1 Å². The van der Waals surface area contributed by atoms with E-state index >= 15 is 0 Å². The summed E-state index contributed by atoms with van der Waals surface area (Å²) >= 11 is 7.52. The summed E-state index contributed by atoms with van der Waals surface area (Å²) in [5.74, 6) is -0.149. The van der Waals surface area contributed by atoms with E-state index in [0.29, 0.717) is 5.75 Å². The standard InChI is InChI=1S/C3H8O3S3.K/c4-9(5,6)2-3(8)1-7;/h3,7-8H,1-2H2,(H,4,5,6);/q;+1/p-1. The van der Waals surface area contributed by atoms with Gasteiger partial charge in [0, 0.05) is 11.0 Å². The van der Waals surface area contributed by atoms with E-state index in [2.05, 4.69) is 25.3 Å². The van der Waals surface area contributed by atoms with Crippen LogP contribution < -0.4 is 51.4 Å². The summed E-state index contributed by atoms with van der Waals surface area (Å²) in [6.07, 6.45) is 0. The van der Waals surface area contributed by atoms with Crippen LogP contribution in [0.5, 0.6) is 0 Å². The van der Waals surface area contributed by atoms with E-state index in [0.717, 1.165) is 0 Å². The average Bonchev–Trinajstić information content (AvgIpc) is 1.62. The van der Waals surface area contributed by atoms with Crippen molar-refractivity contribution in [2.45, 2.75) is 5.25 Å². The number of rotatable bonds is 3. The molecular weight excluding hydrogens is 219 g/mol. The number of hydrogen-bond acceptors (Lipinski definition) is 5. The van der Waals surface area contributed by atoms with Crippen molar-refractivity contribution in [3.05, 3.63) is 0 Å². The zero-order valence-corrected chi connectivity index (χ0v) is 11.2. The van der Waals surface area contributed by atoms with Gasteiger partial charge < -0.3 is 4.55 Å². The van der Waals surface area contributed by atoms with Gasteiger partial charge in [-0.15, -0.1) is 0 Å². The SMILES string of the molecule is O=S(=O)([O-])CC(S)CS.[K+]. The third-order valence-electron chi connectivity index (χ3n) is 0.607. The van der Waals surface area contributed by atoms with Gasteiger partial charge in [-0.25, -0.2) is 8.42 Å². The molecule has 0 aromatic rings. The van der Waals surface area contributed by atoms with Crippen LogP contribution in [0.4, 0.5) is 0 Å². The minimum absolute atomic E-state index is 0. The van der Waals surface area contributed by atoms with Crippen LogP contribution in [-0.4, -0.2) is 29.7 Å². The summed E-state index contributed by atoms with van der Waals surface area (Å²) in [5, 5.41) is -0.448. The largest absolute Gasteiger partial charge is 1.00 e. The summed E-state index contributed by atoms with van der Waals surface area (Å²) in [5.41, 5.74) is 0. The summed E-state index contributed by atoms with van der Waals surface area (Å²) in [6, 6.07) is 0. The van der Waals surface area contributed by atoms with Gasteiger partial charge in [0.15, 0.2) is 0 Å². The molecule has 3 nitrogen and oxygen atoms in total. The van der Waals surface area contributed by atoms with E-state index in [9.17, 15) is 13.0 Å². The molecule has 1 unspecified atom stereocenters. The maximum Gasteiger partial charge on any atom is 1.00 e. The molecule has 10 heavy (non-hydrogen) atoms. The second kappa shape index (κ2) is 6.73. The van der Waals surface area contributed by atoms with E-state index in [-0.39, 0.29) is 51.4 Å². The Balaban J connectivity index is 0. The predicted molar refractivity (Wildman–Crippen MR) is 41.2 cm³/mol. The van der Waals surface area contributed by atoms with Crippen LogP contribution >= 0.6 is 25.3 Å². The van der Waals surface area contributed by atoms with Crippen molar-refractivity contribution in [1.82, 2.24) is 0 Å². The molecule has 0 aliphatic carbocycles. The molecule has 0 saturated carbocycles. The van der Waals surface area contributed by atoms with E-state index in [4.69, 9.17) is 0 Å². The minimum atomic E-state index is -4.11. The summed E-state index contributed by atoms with van der Waals surface area (Å²) < 4.78 is 29.9. The fourth-order valence-electron chi connectivity index (χ4n) is 0.288. The maximum absolute atomic E-state index is 9.96. The van der Waals surface area contributed by atoms with Crippen molar-refractivity contribution in [2.24, 2.45) is 0 Å². The Morgan fingerprint density at radius 3 is 2.00 bits per heavy atom. The normalized spacial score (nSPS) is 13.9. The van der Waals surface area contributed by atoms with Crippen LogP contribution in [0.2, 0.25) is 0 Å². The molecule has 0 aromatic heterocycles. The van der Waals surface area contributed by atoms with Crippen LogP contribution in [0.25, 0.3) is 0 Å². The molecule has 0 aliphatic rings. The Morgan fingerprint density at radius 1 is 1.50 bits per heavy atom. The Kier molecular flexibility index (Phi) is 9.93. The van der Waals surface area contributed by atoms with Crippen LogP contribution in [0.1, 0.15) is 0 Å². The first-order chi connectivity index (χ1) is 3.95. The molecule has 7 heteroatoms. The molecule has 0 N–H and O–H groups in total. The van der Waals surface area contributed by atoms with Gasteiger partial charge in [-0.05, 0) is 0 Å². The molecule has 1 atom stereocenters. The maximum atomic E-state index is 9.96. The number of hydrogen-bond donors (Lipinski definition) is 2. The Morgan fingerprint density at radius 2 is 1.90 bits per heavy atom. The summed E-state index contributed by atoms with van der Waals surface area (Å²) in [7, 11) is -4.11. The zero-order valence-electron chi connectivity index (χ0n) is 5.52. The molecule has 0 amide bonds. The third-order valence-corrected chi connectivity index (χ3v) is 2.76. The monoisotopic (exact) mass is 226 g/mol. The molecule has 0 aromatic carbocycles. The van der Waals surface area contributed by atoms with Crippen LogP contribution in [0.15, 0.2) is 0 Å². The first-order valence-corrected chi connectivity index (χ1v) is 4.91. The van der Waals surface area contributed by atoms with Gasteiger partial charge in [-0.2, -0.15) is 25.3 Å². The zero-order chi connectivity index (χ0) is 7.49. The quantitative estimate of drug-likeness (QED) is 0.302. The van der Waals surface area contributed by atoms with Crippen molar-refractivity contribution < 1.29 is 64.4 Å². The molecule has 0 radical (unpaired) electrons. The first-order valence-electron chi connectivity index (χ1n) is 2.18. The summed E-state index contributed by atoms with van der Waals surface area (Å²) in [4.78, 5) is 0. The van der Waals surface area contributed by atoms with Crippen LogP contribution in [-0.2, 0) is 10.1 Å². The molecule has 0 rings (SSSR count). The van der Waals surface area contributed by atoms with Gasteiger partial charge in [0.2, 0.25) is 0 Å². The molecule has 0 heterocycles. The Bertz CT molecular complexity index is 166. The molecular formula is C3H7KO3S3. The molecule has 0 fully saturated rings. The van der Waals surface area contributed by atoms with Crippen molar-refractivity contribution in [3.63, 3.8) is 0 Å². The van der Waals surface area contributed by atoms with Crippen LogP contribution in [0.3, 0.4) is 0 Å². The van der Waals surface area contributed by atoms with E-state index in [1.807, 2.05) is 0 Å². The molecule has 0 bridgehead atoms. The topological polar surface area (TPSA) is 57.2 Å². The van der Waals surface area contributed by atoms with E-state index in [1.54, 1.807) is 0 Å². The molecule has 0 aliphatic heterocycles. The fourth-order valence-corrected chi connectivity index (χ4v) is 1.73. The predicted octanol–water partition coefficient (Wildman–Crippen LogP) is -3.24. The van der Waals surface area contributed by atoms with Crippen molar-refractivity contribution in [2.75, 3.05) is 11.5 Å². The van der Waals surface area contributed by atoms with E-state index in [1.165, 1.54) is 0 Å². The van der Waals surface area contributed by atoms with Gasteiger partial charge in [0.1, 0.15) is 0 Å². The fraction of sp³-hybridized carbons (Fsp3) is 1.00. The second-order valence-corrected chi connectivity index (χ2v) is 4.10. The molecule has 56 valence electrons. The smallest absolute Gasteiger partial charge is 0.748 e. The molecule has 0 spiro atoms. The summed E-state index contributed by atoms with van der Waals surface area (Å²) in [6.45, 7) is 0.